The lowest BCUT2D eigenvalue weighted by atomic mass is 9.96. The fraction of sp³-hybridized carbons (Fsp3) is 0.786. The van der Waals surface area contributed by atoms with E-state index in [1.807, 2.05) is 11.8 Å². The van der Waals surface area contributed by atoms with E-state index in [4.69, 9.17) is 4.52 Å². The third-order valence-corrected chi connectivity index (χ3v) is 4.43. The predicted octanol–water partition coefficient (Wildman–Crippen LogP) is 1.36. The molecule has 1 aromatic heterocycles. The normalized spacial score (nSPS) is 21.9. The number of hydrogen-bond acceptors (Lipinski definition) is 5. The average Bonchev–Trinajstić information content (AvgIpc) is 3.13. The van der Waals surface area contributed by atoms with Gasteiger partial charge < -0.3 is 14.7 Å². The largest absolute Gasteiger partial charge is 0.341 e. The number of nitrogens with one attached hydrogen (secondary N) is 1. The third kappa shape index (κ3) is 2.57. The van der Waals surface area contributed by atoms with Gasteiger partial charge in [0.1, 0.15) is 0 Å². The molecule has 110 valence electrons. The maximum atomic E-state index is 11.6. The highest BCUT2D eigenvalue weighted by Crippen LogP contribution is 2.37. The standard InChI is InChI=1S/C14H22N4O2/c1-11-16-13(17-20-11)14(6-2-3-7-14)15-8-10-18-9-4-5-12(18)19/h15H,2-10H2,1H3. The minimum Gasteiger partial charge on any atom is -0.341 e. The quantitative estimate of drug-likeness (QED) is 0.880. The third-order valence-electron chi connectivity index (χ3n) is 4.43. The average molecular weight is 278 g/mol. The Balaban J connectivity index is 1.61. The van der Waals surface area contributed by atoms with Crippen molar-refractivity contribution in [2.75, 3.05) is 19.6 Å². The number of carbonyl (C=O) groups is 1. The Hall–Kier alpha value is -1.43. The summed E-state index contributed by atoms with van der Waals surface area (Å²) in [6, 6.07) is 0. The molecule has 1 aliphatic carbocycles. The molecule has 0 aromatic carbocycles. The van der Waals surface area contributed by atoms with Crippen molar-refractivity contribution in [3.63, 3.8) is 0 Å². The summed E-state index contributed by atoms with van der Waals surface area (Å²) in [6.45, 7) is 4.29. The highest BCUT2D eigenvalue weighted by molar-refractivity contribution is 5.78. The molecule has 1 aliphatic heterocycles. The van der Waals surface area contributed by atoms with E-state index in [1.165, 1.54) is 12.8 Å². The lowest BCUT2D eigenvalue weighted by molar-refractivity contribution is -0.127. The van der Waals surface area contributed by atoms with E-state index in [0.29, 0.717) is 12.3 Å². The van der Waals surface area contributed by atoms with Crippen LogP contribution in [0.3, 0.4) is 0 Å². The van der Waals surface area contributed by atoms with Gasteiger partial charge in [-0.05, 0) is 19.3 Å². The van der Waals surface area contributed by atoms with Crippen molar-refractivity contribution < 1.29 is 9.32 Å². The maximum Gasteiger partial charge on any atom is 0.223 e. The second-order valence-corrected chi connectivity index (χ2v) is 5.84. The summed E-state index contributed by atoms with van der Waals surface area (Å²) in [5, 5.41) is 7.70. The van der Waals surface area contributed by atoms with Crippen LogP contribution in [0.1, 0.15) is 50.2 Å². The summed E-state index contributed by atoms with van der Waals surface area (Å²) in [6.07, 6.45) is 6.15. The summed E-state index contributed by atoms with van der Waals surface area (Å²) in [4.78, 5) is 18.0. The van der Waals surface area contributed by atoms with Crippen LogP contribution >= 0.6 is 0 Å². The molecule has 2 fully saturated rings. The molecule has 2 aliphatic rings. The minimum absolute atomic E-state index is 0.152. The van der Waals surface area contributed by atoms with Crippen LogP contribution in [-0.2, 0) is 10.3 Å². The summed E-state index contributed by atoms with van der Waals surface area (Å²) in [5.41, 5.74) is -0.152. The van der Waals surface area contributed by atoms with Crippen molar-refractivity contribution in [2.45, 2.75) is 51.0 Å². The second kappa shape index (κ2) is 5.52. The monoisotopic (exact) mass is 278 g/mol. The van der Waals surface area contributed by atoms with Crippen LogP contribution in [0.15, 0.2) is 4.52 Å². The summed E-state index contributed by atoms with van der Waals surface area (Å²) in [7, 11) is 0. The minimum atomic E-state index is -0.152. The van der Waals surface area contributed by atoms with E-state index in [1.54, 1.807) is 0 Å². The first kappa shape index (κ1) is 13.5. The molecule has 6 nitrogen and oxygen atoms in total. The Morgan fingerprint density at radius 3 is 2.75 bits per heavy atom. The fourth-order valence-corrected chi connectivity index (χ4v) is 3.32. The first-order chi connectivity index (χ1) is 9.70. The van der Waals surface area contributed by atoms with Crippen LogP contribution < -0.4 is 5.32 Å². The number of aryl methyl sites for hydroxylation is 1. The van der Waals surface area contributed by atoms with E-state index < -0.39 is 0 Å². The van der Waals surface area contributed by atoms with Gasteiger partial charge in [0.05, 0.1) is 5.54 Å². The summed E-state index contributed by atoms with van der Waals surface area (Å²) >= 11 is 0. The fourth-order valence-electron chi connectivity index (χ4n) is 3.32. The Kier molecular flexibility index (Phi) is 3.74. The van der Waals surface area contributed by atoms with E-state index in [9.17, 15) is 4.79 Å². The number of amides is 1. The molecule has 6 heteroatoms. The summed E-state index contributed by atoms with van der Waals surface area (Å²) < 4.78 is 5.13. The van der Waals surface area contributed by atoms with E-state index in [2.05, 4.69) is 15.5 Å². The SMILES string of the molecule is Cc1nc(C2(NCCN3CCCC3=O)CCCC2)no1. The number of hydrogen-bond donors (Lipinski definition) is 1. The van der Waals surface area contributed by atoms with Crippen LogP contribution in [-0.4, -0.2) is 40.6 Å². The topological polar surface area (TPSA) is 71.3 Å². The highest BCUT2D eigenvalue weighted by atomic mass is 16.5. The zero-order chi connectivity index (χ0) is 14.0. The van der Waals surface area contributed by atoms with Gasteiger partial charge in [-0.15, -0.1) is 0 Å². The molecule has 3 rings (SSSR count). The predicted molar refractivity (Wildman–Crippen MR) is 73.0 cm³/mol. The first-order valence-electron chi connectivity index (χ1n) is 7.53. The van der Waals surface area contributed by atoms with Gasteiger partial charge in [-0.2, -0.15) is 4.98 Å². The van der Waals surface area contributed by atoms with Crippen molar-refractivity contribution in [1.82, 2.24) is 20.4 Å². The van der Waals surface area contributed by atoms with Gasteiger partial charge >= 0.3 is 0 Å². The molecule has 1 saturated carbocycles. The molecule has 1 N–H and O–H groups in total. The maximum absolute atomic E-state index is 11.6. The summed E-state index contributed by atoms with van der Waals surface area (Å²) in [5.74, 6) is 1.67. The van der Waals surface area contributed by atoms with Crippen molar-refractivity contribution in [2.24, 2.45) is 0 Å². The molecule has 1 amide bonds. The molecule has 0 bridgehead atoms. The second-order valence-electron chi connectivity index (χ2n) is 5.84. The van der Waals surface area contributed by atoms with Crippen LogP contribution in [0.4, 0.5) is 0 Å². The van der Waals surface area contributed by atoms with Crippen LogP contribution in [0.25, 0.3) is 0 Å². The number of likely N-dealkylation sites (tertiary alicyclic amines) is 1. The number of rotatable bonds is 5. The van der Waals surface area contributed by atoms with Crippen molar-refractivity contribution in [3.05, 3.63) is 11.7 Å². The lowest BCUT2D eigenvalue weighted by Gasteiger charge is -2.28. The molecule has 0 spiro atoms. The van der Waals surface area contributed by atoms with Crippen molar-refractivity contribution in [1.29, 1.82) is 0 Å². The van der Waals surface area contributed by atoms with Gasteiger partial charge in [0.2, 0.25) is 11.8 Å². The van der Waals surface area contributed by atoms with Gasteiger partial charge in [-0.3, -0.25) is 4.79 Å². The first-order valence-corrected chi connectivity index (χ1v) is 7.53. The van der Waals surface area contributed by atoms with Gasteiger partial charge in [-0.1, -0.05) is 18.0 Å². The molecular weight excluding hydrogens is 256 g/mol. The Morgan fingerprint density at radius 1 is 1.35 bits per heavy atom. The van der Waals surface area contributed by atoms with Crippen LogP contribution in [0.5, 0.6) is 0 Å². The highest BCUT2D eigenvalue weighted by Gasteiger charge is 2.39. The number of carbonyl (C=O) groups excluding carboxylic acids is 1. The lowest BCUT2D eigenvalue weighted by Crippen LogP contribution is -2.45. The van der Waals surface area contributed by atoms with Crippen molar-refractivity contribution >= 4 is 5.91 Å². The molecule has 0 radical (unpaired) electrons. The Labute approximate surface area is 118 Å². The molecule has 1 saturated heterocycles. The number of nitrogens with zero attached hydrogens (tertiary/aromatic N) is 3. The molecule has 0 unspecified atom stereocenters. The van der Waals surface area contributed by atoms with Crippen molar-refractivity contribution in [3.8, 4) is 0 Å². The van der Waals surface area contributed by atoms with Gasteiger partial charge in [-0.25, -0.2) is 0 Å². The molecule has 20 heavy (non-hydrogen) atoms. The van der Waals surface area contributed by atoms with Crippen LogP contribution in [0, 0.1) is 6.92 Å². The van der Waals surface area contributed by atoms with E-state index >= 15 is 0 Å². The molecule has 0 atom stereocenters. The zero-order valence-electron chi connectivity index (χ0n) is 12.0. The smallest absolute Gasteiger partial charge is 0.223 e. The van der Waals surface area contributed by atoms with Gasteiger partial charge in [0.15, 0.2) is 5.82 Å². The Morgan fingerprint density at radius 2 is 2.15 bits per heavy atom. The van der Waals surface area contributed by atoms with E-state index in [0.717, 1.165) is 44.7 Å². The van der Waals surface area contributed by atoms with E-state index in [-0.39, 0.29) is 11.4 Å². The molecule has 2 heterocycles. The number of aromatic nitrogens is 2. The van der Waals surface area contributed by atoms with Crippen LogP contribution in [0.2, 0.25) is 0 Å². The zero-order valence-corrected chi connectivity index (χ0v) is 12.0. The molecule has 1 aromatic rings. The van der Waals surface area contributed by atoms with Gasteiger partial charge in [0.25, 0.3) is 0 Å². The Bertz CT molecular complexity index is 479. The van der Waals surface area contributed by atoms with Gasteiger partial charge in [0, 0.05) is 33.0 Å². The molecular formula is C14H22N4O2.